The van der Waals surface area contributed by atoms with Crippen LogP contribution in [0, 0.1) is 5.92 Å². The molecule has 0 aliphatic carbocycles. The summed E-state index contributed by atoms with van der Waals surface area (Å²) in [6.45, 7) is 0.994. The fourth-order valence-electron chi connectivity index (χ4n) is 2.43. The lowest BCUT2D eigenvalue weighted by Crippen LogP contribution is -2.43. The van der Waals surface area contributed by atoms with Gasteiger partial charge in [-0.3, -0.25) is 4.79 Å². The maximum Gasteiger partial charge on any atom is 0.251 e. The molecule has 0 bridgehead atoms. The Bertz CT molecular complexity index is 660. The molecule has 0 saturated carbocycles. The molecule has 0 unspecified atom stereocenters. The Morgan fingerprint density at radius 2 is 2.13 bits per heavy atom. The molecule has 2 atom stereocenters. The standard InChI is InChI=1S/C15H23N3O4S/c1-18(2)23(20,21)10-13-8-22-9-14(13)17-15(19)12-5-3-4-11(6-12)7-16/h3-6,13-14H,7-10,16H2,1-2H3,(H,17,19)/t13-,14+/m0/s1. The Hall–Kier alpha value is -1.48. The van der Waals surface area contributed by atoms with Gasteiger partial charge in [0.2, 0.25) is 10.0 Å². The Morgan fingerprint density at radius 3 is 2.78 bits per heavy atom. The summed E-state index contributed by atoms with van der Waals surface area (Å²) in [4.78, 5) is 12.3. The summed E-state index contributed by atoms with van der Waals surface area (Å²) in [5.41, 5.74) is 6.96. The first-order chi connectivity index (χ1) is 10.8. The quantitative estimate of drug-likeness (QED) is 0.745. The Labute approximate surface area is 136 Å². The molecule has 8 heteroatoms. The average molecular weight is 341 g/mol. The number of amides is 1. The number of hydrogen-bond donors (Lipinski definition) is 2. The van der Waals surface area contributed by atoms with Crippen LogP contribution in [0.4, 0.5) is 0 Å². The highest BCUT2D eigenvalue weighted by Crippen LogP contribution is 2.18. The van der Waals surface area contributed by atoms with Gasteiger partial charge in [0.25, 0.3) is 5.91 Å². The van der Waals surface area contributed by atoms with E-state index in [2.05, 4.69) is 5.32 Å². The second kappa shape index (κ2) is 7.39. The minimum atomic E-state index is -3.34. The topological polar surface area (TPSA) is 102 Å². The molecule has 7 nitrogen and oxygen atoms in total. The van der Waals surface area contributed by atoms with Gasteiger partial charge < -0.3 is 15.8 Å². The second-order valence-electron chi connectivity index (χ2n) is 5.84. The van der Waals surface area contributed by atoms with Crippen molar-refractivity contribution < 1.29 is 17.9 Å². The maximum absolute atomic E-state index is 12.3. The van der Waals surface area contributed by atoms with Crippen molar-refractivity contribution >= 4 is 15.9 Å². The van der Waals surface area contributed by atoms with Crippen molar-refractivity contribution in [1.82, 2.24) is 9.62 Å². The van der Waals surface area contributed by atoms with Crippen LogP contribution in [0.15, 0.2) is 24.3 Å². The van der Waals surface area contributed by atoms with Crippen LogP contribution in [0.25, 0.3) is 0 Å². The van der Waals surface area contributed by atoms with Crippen molar-refractivity contribution in [3.05, 3.63) is 35.4 Å². The minimum absolute atomic E-state index is 0.0478. The fraction of sp³-hybridized carbons (Fsp3) is 0.533. The summed E-state index contributed by atoms with van der Waals surface area (Å²) in [6, 6.07) is 6.74. The van der Waals surface area contributed by atoms with Gasteiger partial charge in [-0.05, 0) is 17.7 Å². The van der Waals surface area contributed by atoms with E-state index in [-0.39, 0.29) is 23.6 Å². The molecule has 128 valence electrons. The van der Waals surface area contributed by atoms with Crippen molar-refractivity contribution in [2.45, 2.75) is 12.6 Å². The molecule has 1 aromatic rings. The molecule has 2 rings (SSSR count). The summed E-state index contributed by atoms with van der Waals surface area (Å²) in [5.74, 6) is -0.555. The smallest absolute Gasteiger partial charge is 0.251 e. The van der Waals surface area contributed by atoms with Crippen molar-refractivity contribution in [3.8, 4) is 0 Å². The van der Waals surface area contributed by atoms with E-state index in [0.717, 1.165) is 5.56 Å². The van der Waals surface area contributed by atoms with E-state index >= 15 is 0 Å². The van der Waals surface area contributed by atoms with E-state index in [1.54, 1.807) is 18.2 Å². The van der Waals surface area contributed by atoms with Gasteiger partial charge in [-0.15, -0.1) is 0 Å². The maximum atomic E-state index is 12.3. The summed E-state index contributed by atoms with van der Waals surface area (Å²) >= 11 is 0. The lowest BCUT2D eigenvalue weighted by Gasteiger charge is -2.21. The van der Waals surface area contributed by atoms with E-state index < -0.39 is 10.0 Å². The van der Waals surface area contributed by atoms with Gasteiger partial charge in [-0.2, -0.15) is 0 Å². The fourth-order valence-corrected chi connectivity index (χ4v) is 3.60. The molecule has 1 aromatic carbocycles. The molecule has 1 heterocycles. The number of sulfonamides is 1. The highest BCUT2D eigenvalue weighted by molar-refractivity contribution is 7.89. The molecular formula is C15H23N3O4S. The third kappa shape index (κ3) is 4.51. The normalized spacial score (nSPS) is 21.6. The molecule has 1 aliphatic heterocycles. The molecule has 1 amide bonds. The Kier molecular flexibility index (Phi) is 5.74. The third-order valence-electron chi connectivity index (χ3n) is 3.92. The van der Waals surface area contributed by atoms with Gasteiger partial charge in [-0.25, -0.2) is 12.7 Å². The minimum Gasteiger partial charge on any atom is -0.379 e. The number of nitrogens with one attached hydrogen (secondary N) is 1. The van der Waals surface area contributed by atoms with Crippen LogP contribution in [0.3, 0.4) is 0 Å². The van der Waals surface area contributed by atoms with E-state index in [9.17, 15) is 13.2 Å². The summed E-state index contributed by atoms with van der Waals surface area (Å²) in [7, 11) is -0.346. The van der Waals surface area contributed by atoms with Gasteiger partial charge in [0.15, 0.2) is 0 Å². The second-order valence-corrected chi connectivity index (χ2v) is 8.07. The Balaban J connectivity index is 2.04. The van der Waals surface area contributed by atoms with Crippen LogP contribution in [-0.4, -0.2) is 57.7 Å². The van der Waals surface area contributed by atoms with Crippen molar-refractivity contribution in [2.24, 2.45) is 11.7 Å². The molecular weight excluding hydrogens is 318 g/mol. The van der Waals surface area contributed by atoms with E-state index in [0.29, 0.717) is 25.3 Å². The van der Waals surface area contributed by atoms with Crippen molar-refractivity contribution in [1.29, 1.82) is 0 Å². The third-order valence-corrected chi connectivity index (χ3v) is 5.88. The van der Waals surface area contributed by atoms with Crippen LogP contribution in [0.1, 0.15) is 15.9 Å². The average Bonchev–Trinajstić information content (AvgIpc) is 2.93. The molecule has 0 spiro atoms. The number of rotatable bonds is 6. The molecule has 1 fully saturated rings. The SMILES string of the molecule is CN(C)S(=O)(=O)C[C@@H]1COC[C@H]1NC(=O)c1cccc(CN)c1. The zero-order chi connectivity index (χ0) is 17.0. The predicted octanol–water partition coefficient (Wildman–Crippen LogP) is -0.218. The zero-order valence-corrected chi connectivity index (χ0v) is 14.2. The van der Waals surface area contributed by atoms with Gasteiger partial charge >= 0.3 is 0 Å². The lowest BCUT2D eigenvalue weighted by atomic mass is 10.0. The number of carbonyl (C=O) groups excluding carboxylic acids is 1. The number of ether oxygens (including phenoxy) is 1. The van der Waals surface area contributed by atoms with Crippen LogP contribution >= 0.6 is 0 Å². The number of nitrogens with zero attached hydrogens (tertiary/aromatic N) is 1. The van der Waals surface area contributed by atoms with Crippen LogP contribution in [-0.2, 0) is 21.3 Å². The zero-order valence-electron chi connectivity index (χ0n) is 13.4. The van der Waals surface area contributed by atoms with E-state index in [4.69, 9.17) is 10.5 Å². The van der Waals surface area contributed by atoms with E-state index in [1.807, 2.05) is 6.07 Å². The van der Waals surface area contributed by atoms with E-state index in [1.165, 1.54) is 18.4 Å². The van der Waals surface area contributed by atoms with Gasteiger partial charge in [0.05, 0.1) is 25.0 Å². The largest absolute Gasteiger partial charge is 0.379 e. The van der Waals surface area contributed by atoms with Crippen LogP contribution in [0.2, 0.25) is 0 Å². The summed E-state index contributed by atoms with van der Waals surface area (Å²) in [5, 5.41) is 2.87. The van der Waals surface area contributed by atoms with Crippen LogP contribution in [0.5, 0.6) is 0 Å². The molecule has 3 N–H and O–H groups in total. The number of benzene rings is 1. The number of carbonyl (C=O) groups is 1. The van der Waals surface area contributed by atoms with Crippen molar-refractivity contribution in [2.75, 3.05) is 33.1 Å². The molecule has 1 saturated heterocycles. The summed E-state index contributed by atoms with van der Waals surface area (Å²) < 4.78 is 30.6. The number of nitrogens with two attached hydrogens (primary N) is 1. The predicted molar refractivity (Wildman–Crippen MR) is 87.4 cm³/mol. The molecule has 0 aromatic heterocycles. The first-order valence-electron chi connectivity index (χ1n) is 7.41. The number of hydrogen-bond acceptors (Lipinski definition) is 5. The van der Waals surface area contributed by atoms with Gasteiger partial charge in [0, 0.05) is 32.1 Å². The van der Waals surface area contributed by atoms with Gasteiger partial charge in [-0.1, -0.05) is 12.1 Å². The summed E-state index contributed by atoms with van der Waals surface area (Å²) in [6.07, 6.45) is 0. The first kappa shape index (κ1) is 17.9. The molecule has 0 radical (unpaired) electrons. The van der Waals surface area contributed by atoms with Gasteiger partial charge in [0.1, 0.15) is 0 Å². The van der Waals surface area contributed by atoms with Crippen LogP contribution < -0.4 is 11.1 Å². The molecule has 1 aliphatic rings. The monoisotopic (exact) mass is 341 g/mol. The highest BCUT2D eigenvalue weighted by Gasteiger charge is 2.34. The Morgan fingerprint density at radius 1 is 1.39 bits per heavy atom. The highest BCUT2D eigenvalue weighted by atomic mass is 32.2. The first-order valence-corrected chi connectivity index (χ1v) is 9.02. The lowest BCUT2D eigenvalue weighted by molar-refractivity contribution is 0.0926. The molecule has 23 heavy (non-hydrogen) atoms. The van der Waals surface area contributed by atoms with Crippen molar-refractivity contribution in [3.63, 3.8) is 0 Å².